The van der Waals surface area contributed by atoms with Gasteiger partial charge >= 0.3 is 0 Å². The number of aromatic nitrogens is 2. The summed E-state index contributed by atoms with van der Waals surface area (Å²) in [6.07, 6.45) is 10.8. The van der Waals surface area contributed by atoms with E-state index in [0.717, 1.165) is 63.4 Å². The third-order valence-corrected chi connectivity index (χ3v) is 13.1. The Kier molecular flexibility index (Phi) is 9.07. The molecule has 1 unspecified atom stereocenters. The minimum Gasteiger partial charge on any atom is -0.497 e. The molecule has 4 nitrogen and oxygen atoms in total. The number of ether oxygens (including phenoxy) is 2. The summed E-state index contributed by atoms with van der Waals surface area (Å²) in [5, 5.41) is 2.30. The highest BCUT2D eigenvalue weighted by Crippen LogP contribution is 2.61. The van der Waals surface area contributed by atoms with Crippen molar-refractivity contribution in [3.05, 3.63) is 162 Å². The number of hydrogen-bond donors (Lipinski definition) is 0. The van der Waals surface area contributed by atoms with Crippen LogP contribution < -0.4 is 9.47 Å². The van der Waals surface area contributed by atoms with Gasteiger partial charge in [-0.2, -0.15) is 0 Å². The molecule has 0 radical (unpaired) electrons. The van der Waals surface area contributed by atoms with Gasteiger partial charge in [0.25, 0.3) is 0 Å². The smallest absolute Gasteiger partial charge is 0.212 e. The number of benzene rings is 6. The lowest BCUT2D eigenvalue weighted by molar-refractivity contribution is 0.153. The van der Waals surface area contributed by atoms with Crippen molar-refractivity contribution in [1.82, 2.24) is 9.97 Å². The Morgan fingerprint density at radius 1 is 0.673 bits per heavy atom. The van der Waals surface area contributed by atoms with Gasteiger partial charge in [0.15, 0.2) is 5.82 Å². The molecule has 0 amide bonds. The second-order valence-electron chi connectivity index (χ2n) is 14.2. The minimum absolute atomic E-state index is 0.176. The average Bonchev–Trinajstić information content (AvgIpc) is 3.56. The van der Waals surface area contributed by atoms with Crippen molar-refractivity contribution in [2.45, 2.75) is 47.5 Å². The molecular weight excluding hydrogens is 713 g/mol. The van der Waals surface area contributed by atoms with E-state index in [0.29, 0.717) is 5.82 Å². The van der Waals surface area contributed by atoms with Gasteiger partial charge < -0.3 is 9.47 Å². The van der Waals surface area contributed by atoms with Gasteiger partial charge in [0.05, 0.1) is 18.5 Å². The predicted octanol–water partition coefficient (Wildman–Crippen LogP) is 12.9. The Bertz CT molecular complexity index is 2540. The lowest BCUT2D eigenvalue weighted by Crippen LogP contribution is -2.37. The van der Waals surface area contributed by atoms with E-state index in [-0.39, 0.29) is 5.41 Å². The monoisotopic (exact) mass is 754 g/mol. The van der Waals surface area contributed by atoms with Crippen LogP contribution in [0.25, 0.3) is 50.5 Å². The molecule has 0 N–H and O–H groups in total. The standard InChI is InChI=1S/C49H42N2O2S2/c1-6-48(7-2)41-29-36(55-5)23-25-38(41)44-37-24-22-35(54-4)28-40(37)46-39(45(44)48)26-27-49(53-46,33-18-20-34(52-3)21-19-33)47-50-42(31-14-10-8-11-15-31)30-43(51-47)32-16-12-9-13-17-32/h8-30H,6-7H2,1-5H3. The Balaban J connectivity index is 1.37. The first kappa shape index (κ1) is 35.4. The fourth-order valence-electron chi connectivity index (χ4n) is 8.78. The number of fused-ring (bicyclic) bond motifs is 8. The van der Waals surface area contributed by atoms with Crippen LogP contribution in [-0.4, -0.2) is 29.6 Å². The molecule has 7 aromatic rings. The predicted molar refractivity (Wildman–Crippen MR) is 231 cm³/mol. The second-order valence-corrected chi connectivity index (χ2v) is 16.0. The fraction of sp³-hybridized carbons (Fsp3) is 0.184. The lowest BCUT2D eigenvalue weighted by atomic mass is 9.71. The van der Waals surface area contributed by atoms with E-state index in [4.69, 9.17) is 19.4 Å². The molecule has 1 aromatic heterocycles. The van der Waals surface area contributed by atoms with Crippen molar-refractivity contribution < 1.29 is 9.47 Å². The largest absolute Gasteiger partial charge is 0.497 e. The summed E-state index contributed by atoms with van der Waals surface area (Å²) in [6.45, 7) is 4.68. The highest BCUT2D eigenvalue weighted by molar-refractivity contribution is 7.98. The maximum Gasteiger partial charge on any atom is 0.212 e. The van der Waals surface area contributed by atoms with Crippen LogP contribution >= 0.6 is 23.5 Å². The molecule has 1 aliphatic heterocycles. The van der Waals surface area contributed by atoms with Crippen molar-refractivity contribution in [3.8, 4) is 45.1 Å². The quantitative estimate of drug-likeness (QED) is 0.137. The van der Waals surface area contributed by atoms with Gasteiger partial charge in [-0.3, -0.25) is 0 Å². The molecule has 272 valence electrons. The summed E-state index contributed by atoms with van der Waals surface area (Å²) >= 11 is 3.55. The molecule has 2 aliphatic rings. The third-order valence-electron chi connectivity index (χ3n) is 11.7. The van der Waals surface area contributed by atoms with E-state index in [1.54, 1.807) is 30.6 Å². The number of methoxy groups -OCH3 is 1. The van der Waals surface area contributed by atoms with Crippen LogP contribution in [0.2, 0.25) is 0 Å². The molecule has 0 saturated carbocycles. The molecule has 9 rings (SSSR count). The van der Waals surface area contributed by atoms with Gasteiger partial charge in [0.2, 0.25) is 5.60 Å². The molecule has 0 fully saturated rings. The first-order chi connectivity index (χ1) is 27.0. The summed E-state index contributed by atoms with van der Waals surface area (Å²) in [5.41, 5.74) is 9.83. The molecule has 0 spiro atoms. The minimum atomic E-state index is -1.16. The van der Waals surface area contributed by atoms with E-state index in [1.165, 1.54) is 37.4 Å². The summed E-state index contributed by atoms with van der Waals surface area (Å²) in [5.74, 6) is 2.20. The number of hydrogen-bond acceptors (Lipinski definition) is 6. The van der Waals surface area contributed by atoms with Crippen molar-refractivity contribution >= 4 is 40.4 Å². The van der Waals surface area contributed by atoms with Crippen LogP contribution in [0.15, 0.2) is 143 Å². The first-order valence-corrected chi connectivity index (χ1v) is 21.3. The fourth-order valence-corrected chi connectivity index (χ4v) is 9.66. The van der Waals surface area contributed by atoms with Crippen molar-refractivity contribution in [3.63, 3.8) is 0 Å². The Morgan fingerprint density at radius 2 is 1.29 bits per heavy atom. The number of rotatable bonds is 9. The molecule has 6 aromatic carbocycles. The molecule has 1 aliphatic carbocycles. The van der Waals surface area contributed by atoms with E-state index >= 15 is 0 Å². The van der Waals surface area contributed by atoms with Crippen LogP contribution in [0, 0.1) is 0 Å². The van der Waals surface area contributed by atoms with Gasteiger partial charge in [-0.25, -0.2) is 9.97 Å². The molecule has 0 bridgehead atoms. The van der Waals surface area contributed by atoms with Crippen LogP contribution in [0.5, 0.6) is 11.5 Å². The molecule has 2 heterocycles. The van der Waals surface area contributed by atoms with Crippen molar-refractivity contribution in [2.75, 3.05) is 19.6 Å². The van der Waals surface area contributed by atoms with Crippen molar-refractivity contribution in [2.24, 2.45) is 0 Å². The van der Waals surface area contributed by atoms with Gasteiger partial charge in [-0.15, -0.1) is 23.5 Å². The number of thioether (sulfide) groups is 2. The Hall–Kier alpha value is -5.30. The highest BCUT2D eigenvalue weighted by Gasteiger charge is 2.48. The van der Waals surface area contributed by atoms with E-state index in [9.17, 15) is 0 Å². The zero-order valence-corrected chi connectivity index (χ0v) is 33.4. The van der Waals surface area contributed by atoms with E-state index < -0.39 is 5.60 Å². The van der Waals surface area contributed by atoms with Gasteiger partial charge in [-0.1, -0.05) is 105 Å². The third kappa shape index (κ3) is 5.60. The van der Waals surface area contributed by atoms with Crippen LogP contribution in [0.3, 0.4) is 0 Å². The topological polar surface area (TPSA) is 44.2 Å². The molecule has 0 saturated heterocycles. The van der Waals surface area contributed by atoms with Crippen LogP contribution in [-0.2, 0) is 11.0 Å². The molecular formula is C49H42N2O2S2. The molecule has 1 atom stereocenters. The van der Waals surface area contributed by atoms with Gasteiger partial charge in [-0.05, 0) is 102 Å². The van der Waals surface area contributed by atoms with Gasteiger partial charge in [0.1, 0.15) is 11.5 Å². The lowest BCUT2D eigenvalue weighted by Gasteiger charge is -2.38. The Labute approximate surface area is 332 Å². The van der Waals surface area contributed by atoms with E-state index in [2.05, 4.69) is 142 Å². The SMILES string of the molecule is CCC1(CC)c2cc(SC)ccc2-c2c1c1c(c3cc(SC)ccc23)OC(c2ccc(OC)cc2)(c2nc(-c3ccccc3)cc(-c3ccccc3)n2)C=C1. The second kappa shape index (κ2) is 14.1. The average molecular weight is 755 g/mol. The number of nitrogens with zero attached hydrogens (tertiary/aromatic N) is 2. The normalized spacial score (nSPS) is 16.3. The summed E-state index contributed by atoms with van der Waals surface area (Å²) < 4.78 is 13.4. The van der Waals surface area contributed by atoms with E-state index in [1.807, 2.05) is 24.3 Å². The first-order valence-electron chi connectivity index (χ1n) is 18.9. The van der Waals surface area contributed by atoms with Gasteiger partial charge in [0, 0.05) is 42.8 Å². The molecule has 55 heavy (non-hydrogen) atoms. The van der Waals surface area contributed by atoms with Crippen LogP contribution in [0.4, 0.5) is 0 Å². The molecule has 6 heteroatoms. The zero-order valence-electron chi connectivity index (χ0n) is 31.7. The summed E-state index contributed by atoms with van der Waals surface area (Å²) in [6, 6.07) is 44.8. The zero-order chi connectivity index (χ0) is 37.7. The maximum absolute atomic E-state index is 7.75. The highest BCUT2D eigenvalue weighted by atomic mass is 32.2. The Morgan fingerprint density at radius 3 is 1.89 bits per heavy atom. The van der Waals surface area contributed by atoms with Crippen LogP contribution in [0.1, 0.15) is 54.8 Å². The van der Waals surface area contributed by atoms with Crippen molar-refractivity contribution in [1.29, 1.82) is 0 Å². The maximum atomic E-state index is 7.75. The summed E-state index contributed by atoms with van der Waals surface area (Å²) in [4.78, 5) is 13.3. The summed E-state index contributed by atoms with van der Waals surface area (Å²) in [7, 11) is 1.69.